The van der Waals surface area contributed by atoms with Crippen LogP contribution in [-0.2, 0) is 16.2 Å². The van der Waals surface area contributed by atoms with Gasteiger partial charge in [0.1, 0.15) is 11.6 Å². The van der Waals surface area contributed by atoms with E-state index in [1.54, 1.807) is 24.3 Å². The molecule has 2 fully saturated rings. The first-order valence-electron chi connectivity index (χ1n) is 13.7. The molecule has 41 heavy (non-hydrogen) atoms. The number of sulfonamides is 1. The van der Waals surface area contributed by atoms with Crippen molar-refractivity contribution in [3.8, 4) is 0 Å². The Kier molecular flexibility index (Phi) is 8.68. The summed E-state index contributed by atoms with van der Waals surface area (Å²) >= 11 is 0. The Hall–Kier alpha value is -3.02. The molecule has 5 nitrogen and oxygen atoms in total. The predicted octanol–water partition coefficient (Wildman–Crippen LogP) is 6.83. The van der Waals surface area contributed by atoms with Crippen LogP contribution in [0.15, 0.2) is 77.7 Å². The first-order valence-corrected chi connectivity index (χ1v) is 15.2. The molecule has 1 saturated carbocycles. The average Bonchev–Trinajstić information content (AvgIpc) is 3.77. The normalized spacial score (nSPS) is 18.5. The van der Waals surface area contributed by atoms with Crippen LogP contribution in [0.4, 0.5) is 33.3 Å². The van der Waals surface area contributed by atoms with Crippen molar-refractivity contribution in [1.29, 1.82) is 0 Å². The van der Waals surface area contributed by atoms with Crippen LogP contribution in [0.1, 0.15) is 37.7 Å². The average molecular weight is 594 g/mol. The lowest BCUT2D eigenvalue weighted by Gasteiger charge is -2.39. The van der Waals surface area contributed by atoms with Gasteiger partial charge in [0.05, 0.1) is 10.5 Å². The van der Waals surface area contributed by atoms with Crippen molar-refractivity contribution < 1.29 is 30.4 Å². The van der Waals surface area contributed by atoms with Gasteiger partial charge in [-0.05, 0) is 112 Å². The molecule has 1 aliphatic heterocycles. The van der Waals surface area contributed by atoms with Gasteiger partial charge in [0.15, 0.2) is 0 Å². The third kappa shape index (κ3) is 7.07. The molecule has 220 valence electrons. The summed E-state index contributed by atoms with van der Waals surface area (Å²) in [4.78, 5) is 3.85. The first kappa shape index (κ1) is 29.5. The van der Waals surface area contributed by atoms with Gasteiger partial charge in [-0.15, -0.1) is 0 Å². The Labute approximate surface area is 237 Å². The molecule has 2 aliphatic rings. The van der Waals surface area contributed by atoms with Crippen molar-refractivity contribution in [2.45, 2.75) is 55.3 Å². The smallest absolute Gasteiger partial charge is 0.341 e. The summed E-state index contributed by atoms with van der Waals surface area (Å²) in [5.41, 5.74) is 0.551. The zero-order valence-corrected chi connectivity index (χ0v) is 23.2. The van der Waals surface area contributed by atoms with Crippen LogP contribution in [0.5, 0.6) is 0 Å². The maximum Gasteiger partial charge on any atom is 0.416 e. The Morgan fingerprint density at radius 3 is 2.00 bits per heavy atom. The van der Waals surface area contributed by atoms with E-state index < -0.39 is 21.8 Å². The largest absolute Gasteiger partial charge is 0.416 e. The monoisotopic (exact) mass is 593 g/mol. The Bertz CT molecular complexity index is 1380. The van der Waals surface area contributed by atoms with Crippen LogP contribution in [0, 0.1) is 11.6 Å². The minimum absolute atomic E-state index is 0.202. The van der Waals surface area contributed by atoms with E-state index in [1.807, 2.05) is 4.90 Å². The summed E-state index contributed by atoms with van der Waals surface area (Å²) < 4.78 is 95.8. The lowest BCUT2D eigenvalue weighted by Crippen LogP contribution is -2.51. The Morgan fingerprint density at radius 1 is 0.829 bits per heavy atom. The predicted molar refractivity (Wildman–Crippen MR) is 147 cm³/mol. The number of nitrogens with zero attached hydrogens (tertiary/aromatic N) is 3. The quantitative estimate of drug-likeness (QED) is 0.242. The van der Waals surface area contributed by atoms with Crippen molar-refractivity contribution in [3.05, 3.63) is 90.0 Å². The van der Waals surface area contributed by atoms with Crippen molar-refractivity contribution in [1.82, 2.24) is 9.21 Å². The van der Waals surface area contributed by atoms with Gasteiger partial charge in [0.2, 0.25) is 10.0 Å². The van der Waals surface area contributed by atoms with Gasteiger partial charge >= 0.3 is 6.18 Å². The molecule has 11 heteroatoms. The highest BCUT2D eigenvalue weighted by molar-refractivity contribution is 7.89. The molecule has 3 aromatic carbocycles. The molecule has 1 saturated heterocycles. The van der Waals surface area contributed by atoms with Crippen LogP contribution in [-0.4, -0.2) is 55.9 Å². The molecule has 0 spiro atoms. The minimum atomic E-state index is -4.63. The molecular weight excluding hydrogens is 561 g/mol. The van der Waals surface area contributed by atoms with E-state index in [-0.39, 0.29) is 28.6 Å². The molecule has 1 atom stereocenters. The molecule has 0 amide bonds. The van der Waals surface area contributed by atoms with Crippen LogP contribution in [0.25, 0.3) is 0 Å². The molecule has 0 aromatic heterocycles. The van der Waals surface area contributed by atoms with E-state index in [2.05, 4.69) is 4.90 Å². The molecule has 0 bridgehead atoms. The second-order valence-corrected chi connectivity index (χ2v) is 12.5. The number of piperidine rings is 1. The zero-order chi connectivity index (χ0) is 29.2. The molecular formula is C30H32F5N3O2S. The van der Waals surface area contributed by atoms with Crippen molar-refractivity contribution in [2.75, 3.05) is 31.1 Å². The van der Waals surface area contributed by atoms with Gasteiger partial charge in [-0.1, -0.05) is 6.07 Å². The Morgan fingerprint density at radius 2 is 1.44 bits per heavy atom. The van der Waals surface area contributed by atoms with Gasteiger partial charge in [-0.2, -0.15) is 17.5 Å². The summed E-state index contributed by atoms with van der Waals surface area (Å²) in [6.07, 6.45) is -1.13. The highest BCUT2D eigenvalue weighted by Gasteiger charge is 2.44. The number of anilines is 2. The van der Waals surface area contributed by atoms with E-state index in [0.717, 1.165) is 42.5 Å². The highest BCUT2D eigenvalue weighted by Crippen LogP contribution is 2.38. The summed E-state index contributed by atoms with van der Waals surface area (Å²) in [5.74, 6) is -0.708. The van der Waals surface area contributed by atoms with E-state index in [4.69, 9.17) is 0 Å². The van der Waals surface area contributed by atoms with Crippen LogP contribution < -0.4 is 4.90 Å². The number of rotatable bonds is 10. The summed E-state index contributed by atoms with van der Waals surface area (Å²) in [5, 5.41) is 0. The van der Waals surface area contributed by atoms with Crippen molar-refractivity contribution in [2.24, 2.45) is 0 Å². The first-order chi connectivity index (χ1) is 19.5. The lowest BCUT2D eigenvalue weighted by atomic mass is 10.1. The van der Waals surface area contributed by atoms with E-state index in [0.29, 0.717) is 45.3 Å². The van der Waals surface area contributed by atoms with Gasteiger partial charge < -0.3 is 9.80 Å². The molecule has 5 rings (SSSR count). The molecule has 1 unspecified atom stereocenters. The van der Waals surface area contributed by atoms with Crippen molar-refractivity contribution >= 4 is 21.4 Å². The summed E-state index contributed by atoms with van der Waals surface area (Å²) in [7, 11) is -4.12. The SMILES string of the molecule is O=S(=O)(c1cccc(C(F)(F)F)c1)N(C1CC1)C1CCCN(CCCN(c2ccc(F)cc2)c2ccc(F)cc2)C1. The number of hydrogen-bond donors (Lipinski definition) is 0. The molecule has 0 N–H and O–H groups in total. The van der Waals surface area contributed by atoms with Gasteiger partial charge in [0, 0.05) is 36.5 Å². The molecule has 1 heterocycles. The maximum atomic E-state index is 13.6. The van der Waals surface area contributed by atoms with E-state index >= 15 is 0 Å². The fourth-order valence-electron chi connectivity index (χ4n) is 5.52. The van der Waals surface area contributed by atoms with Gasteiger partial charge in [-0.25, -0.2) is 17.2 Å². The van der Waals surface area contributed by atoms with Crippen LogP contribution >= 0.6 is 0 Å². The van der Waals surface area contributed by atoms with Crippen molar-refractivity contribution in [3.63, 3.8) is 0 Å². The molecule has 3 aromatic rings. The second kappa shape index (κ2) is 12.1. The number of hydrogen-bond acceptors (Lipinski definition) is 4. The molecule has 0 radical (unpaired) electrons. The van der Waals surface area contributed by atoms with Crippen LogP contribution in [0.3, 0.4) is 0 Å². The van der Waals surface area contributed by atoms with Gasteiger partial charge in [-0.3, -0.25) is 0 Å². The number of halogens is 5. The fourth-order valence-corrected chi connectivity index (χ4v) is 7.46. The van der Waals surface area contributed by atoms with E-state index in [1.165, 1.54) is 34.6 Å². The number of alkyl halides is 3. The summed E-state index contributed by atoms with van der Waals surface area (Å²) in [6, 6.07) is 15.6. The Balaban J connectivity index is 1.28. The standard InChI is InChI=1S/C30H32F5N3O2S/c31-23-7-11-25(12-8-23)37(26-13-9-24(32)10-14-26)19-3-18-36-17-2-5-28(21-36)38(27-15-16-27)41(39,40)29-6-1-4-22(20-29)30(33,34)35/h1,4,6-14,20,27-28H,2-3,5,15-19,21H2. The lowest BCUT2D eigenvalue weighted by molar-refractivity contribution is -0.137. The van der Waals surface area contributed by atoms with Gasteiger partial charge in [0.25, 0.3) is 0 Å². The van der Waals surface area contributed by atoms with E-state index in [9.17, 15) is 30.4 Å². The third-order valence-corrected chi connectivity index (χ3v) is 9.62. The summed E-state index contributed by atoms with van der Waals surface area (Å²) in [6.45, 7) is 2.50. The maximum absolute atomic E-state index is 13.6. The third-order valence-electron chi connectivity index (χ3n) is 7.62. The van der Waals surface area contributed by atoms with Crippen LogP contribution in [0.2, 0.25) is 0 Å². The second-order valence-electron chi connectivity index (χ2n) is 10.6. The zero-order valence-electron chi connectivity index (χ0n) is 22.4. The fraction of sp³-hybridized carbons (Fsp3) is 0.400. The number of benzene rings is 3. The topological polar surface area (TPSA) is 43.9 Å². The minimum Gasteiger partial charge on any atom is -0.341 e. The number of likely N-dealkylation sites (tertiary alicyclic amines) is 1. The highest BCUT2D eigenvalue weighted by atomic mass is 32.2. The molecule has 1 aliphatic carbocycles.